The van der Waals surface area contributed by atoms with Crippen LogP contribution in [0.2, 0.25) is 0 Å². The van der Waals surface area contributed by atoms with Crippen LogP contribution in [-0.2, 0) is 123 Å². The number of methoxy groups -OCH3 is 2. The number of aromatic amines is 2. The fraction of sp³-hybridized carbons (Fsp3) is 0.521. The van der Waals surface area contributed by atoms with E-state index in [2.05, 4.69) is 9.97 Å². The van der Waals surface area contributed by atoms with Gasteiger partial charge in [0.15, 0.2) is 34.8 Å². The lowest BCUT2D eigenvalue weighted by molar-refractivity contribution is -0.0285. The van der Waals surface area contributed by atoms with Crippen molar-refractivity contribution >= 4 is 56.1 Å². The lowest BCUT2D eigenvalue weighted by Gasteiger charge is -2.14. The van der Waals surface area contributed by atoms with Crippen molar-refractivity contribution < 1.29 is 142 Å². The minimum absolute atomic E-state index is 0.00670. The average Bonchev–Trinajstić information content (AvgIpc) is 1.59. The number of H-pyrrole nitrogens is 2. The standard InChI is InChI=1S/C96H126N8O30/c1-107-23-25-109-27-29-111-31-33-113-35-37-115-39-41-117-43-45-119-47-49-121-51-53-123-55-57-125-59-61-127-63-65-129-67-69-131-95(105)73-15-19-75(20-16-73)133-85-71-83-84(94-103-92-82-14-8-6-12-80(82)90(101-92)99-88-78-10-4-3-9-77(78)87(97-88)98-89-79-11-5-7-13-81(79)91(100-89)102-93(83)104-94)72-86(85)134-76-21-17-74(18-22-76)96(106)132-70-68-130-66-64-128-62-60-126-58-56-124-54-52-122-50-48-120-46-44-118-42-40-116-38-36-114-34-32-112-30-28-110-26-24-108-2/h3-22,71-72H,23-70H2,1-2H3,(H2,97,98,99,100,101,102,103,104). The summed E-state index contributed by atoms with van der Waals surface area (Å²) in [4.78, 5) is 64.7. The molecule has 0 spiro atoms. The summed E-state index contributed by atoms with van der Waals surface area (Å²) in [6.45, 7) is 20.3. The van der Waals surface area contributed by atoms with Gasteiger partial charge in [0.2, 0.25) is 0 Å². The normalized spacial score (nSPS) is 11.8. The highest BCUT2D eigenvalue weighted by molar-refractivity contribution is 6.07. The van der Waals surface area contributed by atoms with Crippen molar-refractivity contribution in [3.05, 3.63) is 145 Å². The zero-order chi connectivity index (χ0) is 92.8. The highest BCUT2D eigenvalue weighted by Crippen LogP contribution is 2.43. The van der Waals surface area contributed by atoms with Crippen LogP contribution in [0.15, 0.2) is 133 Å². The van der Waals surface area contributed by atoms with Gasteiger partial charge >= 0.3 is 11.9 Å². The van der Waals surface area contributed by atoms with E-state index < -0.39 is 11.9 Å². The Morgan fingerprint density at radius 3 is 0.612 bits per heavy atom. The Balaban J connectivity index is 0.585. The molecule has 9 aromatic rings. The fourth-order valence-corrected chi connectivity index (χ4v) is 12.8. The second kappa shape index (κ2) is 65.1. The van der Waals surface area contributed by atoms with Gasteiger partial charge in [-0.25, -0.2) is 39.5 Å². The molecule has 0 saturated carbocycles. The van der Waals surface area contributed by atoms with Gasteiger partial charge < -0.3 is 143 Å². The van der Waals surface area contributed by atoms with Crippen molar-refractivity contribution in [2.75, 3.05) is 331 Å². The summed E-state index contributed by atoms with van der Waals surface area (Å²) in [5.41, 5.74) is 5.54. The smallest absolute Gasteiger partial charge is 0.338 e. The van der Waals surface area contributed by atoms with Crippen LogP contribution < -0.4 is 9.47 Å². The summed E-state index contributed by atoms with van der Waals surface area (Å²) in [5.74, 6) is 1.77. The predicted molar refractivity (Wildman–Crippen MR) is 491 cm³/mol. The van der Waals surface area contributed by atoms with Crippen molar-refractivity contribution in [1.82, 2.24) is 39.9 Å². The Morgan fingerprint density at radius 1 is 0.216 bits per heavy atom. The predicted octanol–water partition coefficient (Wildman–Crippen LogP) is 10.4. The number of carbonyl (C=O) groups excluding carboxylic acids is 2. The molecule has 11 rings (SSSR count). The van der Waals surface area contributed by atoms with Gasteiger partial charge in [0.25, 0.3) is 0 Å². The van der Waals surface area contributed by atoms with Crippen LogP contribution in [0.1, 0.15) is 20.7 Å². The van der Waals surface area contributed by atoms with Crippen LogP contribution in [-0.4, -0.2) is 383 Å². The Kier molecular flexibility index (Phi) is 50.9. The fourth-order valence-electron chi connectivity index (χ4n) is 12.8. The van der Waals surface area contributed by atoms with Crippen molar-refractivity contribution in [2.24, 2.45) is 0 Å². The first-order valence-corrected chi connectivity index (χ1v) is 45.3. The van der Waals surface area contributed by atoms with E-state index in [9.17, 15) is 9.59 Å². The first kappa shape index (κ1) is 105. The molecule has 2 N–H and O–H groups in total. The van der Waals surface area contributed by atoms with E-state index in [1.54, 1.807) is 74.9 Å². The van der Waals surface area contributed by atoms with Gasteiger partial charge in [0.1, 0.15) is 47.3 Å². The Hall–Kier alpha value is -9.74. The van der Waals surface area contributed by atoms with Crippen LogP contribution >= 0.6 is 0 Å². The SMILES string of the molecule is COCCOCCOCCOCCOCCOCCOCCOCCOCCOCCOCCOCCOC(=O)c1ccc(Oc2cc3c4nc5nc(nc6[nH]c(nc7nc(nc([nH]4)c3cc2Oc2ccc(C(=O)OCCOCCOCCOCCOCCOCCOCCOCCOCCOCCOCCOCCOC)cc2)-c2ccccc2-7)c2ccccc62)-c2ccccc2-5)cc1. The summed E-state index contributed by atoms with van der Waals surface area (Å²) in [6.07, 6.45) is 0. The van der Waals surface area contributed by atoms with Gasteiger partial charge in [-0.05, 0) is 60.7 Å². The number of carbonyl (C=O) groups is 2. The molecule has 38 nitrogen and oxygen atoms in total. The highest BCUT2D eigenvalue weighted by Gasteiger charge is 2.25. The largest absolute Gasteiger partial charge is 0.460 e. The number of fused-ring (bicyclic) bond motifs is 20. The third kappa shape index (κ3) is 38.8. The number of hydrogen-bond donors (Lipinski definition) is 2. The van der Waals surface area contributed by atoms with Gasteiger partial charge in [-0.1, -0.05) is 72.8 Å². The summed E-state index contributed by atoms with van der Waals surface area (Å²) < 4.78 is 156. The number of ether oxygens (including phenoxy) is 28. The molecule has 8 bridgehead atoms. The van der Waals surface area contributed by atoms with Crippen molar-refractivity contribution in [2.45, 2.75) is 0 Å². The molecule has 0 unspecified atom stereocenters. The van der Waals surface area contributed by atoms with Gasteiger partial charge in [0.05, 0.1) is 315 Å². The number of nitrogens with one attached hydrogen (secondary N) is 2. The molecular formula is C96H126N8O30. The van der Waals surface area contributed by atoms with Crippen LogP contribution in [0, 0.1) is 0 Å². The monoisotopic (exact) mass is 1870 g/mol. The highest BCUT2D eigenvalue weighted by atomic mass is 16.6. The molecule has 5 heterocycles. The minimum Gasteiger partial charge on any atom is -0.460 e. The maximum absolute atomic E-state index is 13.4. The van der Waals surface area contributed by atoms with Gasteiger partial charge in [-0.3, -0.25) is 0 Å². The zero-order valence-corrected chi connectivity index (χ0v) is 76.6. The van der Waals surface area contributed by atoms with Crippen molar-refractivity contribution in [1.29, 1.82) is 0 Å². The van der Waals surface area contributed by atoms with E-state index >= 15 is 0 Å². The summed E-state index contributed by atoms with van der Waals surface area (Å²) >= 11 is 0. The lowest BCUT2D eigenvalue weighted by atomic mass is 10.1. The van der Waals surface area contributed by atoms with E-state index in [4.69, 9.17) is 163 Å². The lowest BCUT2D eigenvalue weighted by Crippen LogP contribution is -2.15. The van der Waals surface area contributed by atoms with E-state index in [0.29, 0.717) is 346 Å². The summed E-state index contributed by atoms with van der Waals surface area (Å²) in [7, 11) is 3.28. The zero-order valence-electron chi connectivity index (χ0n) is 76.6. The molecule has 38 heteroatoms. The third-order valence-corrected chi connectivity index (χ3v) is 19.5. The second-order valence-electron chi connectivity index (χ2n) is 29.1. The van der Waals surface area contributed by atoms with Gasteiger partial charge in [0, 0.05) is 58.0 Å². The molecule has 0 radical (unpaired) electrons. The number of benzene rings is 6. The molecule has 6 aromatic carbocycles. The third-order valence-electron chi connectivity index (χ3n) is 19.5. The number of nitrogens with zero attached hydrogens (tertiary/aromatic N) is 6. The summed E-state index contributed by atoms with van der Waals surface area (Å²) in [6, 6.07) is 40.1. The molecule has 2 aliphatic heterocycles. The van der Waals surface area contributed by atoms with Crippen LogP contribution in [0.3, 0.4) is 0 Å². The molecule has 0 saturated heterocycles. The van der Waals surface area contributed by atoms with Gasteiger partial charge in [-0.2, -0.15) is 0 Å². The quantitative estimate of drug-likeness (QED) is 0.0264. The van der Waals surface area contributed by atoms with Crippen molar-refractivity contribution in [3.63, 3.8) is 0 Å². The van der Waals surface area contributed by atoms with E-state index in [0.717, 1.165) is 33.0 Å². The molecule has 730 valence electrons. The number of hydrogen-bond acceptors (Lipinski definition) is 36. The number of esters is 2. The average molecular weight is 1870 g/mol. The maximum Gasteiger partial charge on any atom is 0.338 e. The van der Waals surface area contributed by atoms with Crippen LogP contribution in [0.25, 0.3) is 89.7 Å². The van der Waals surface area contributed by atoms with Crippen LogP contribution in [0.4, 0.5) is 0 Å². The molecular weight excluding hydrogens is 1750 g/mol. The first-order chi connectivity index (χ1) is 66.4. The first-order valence-electron chi connectivity index (χ1n) is 45.3. The van der Waals surface area contributed by atoms with E-state index in [-0.39, 0.29) is 62.3 Å². The van der Waals surface area contributed by atoms with Gasteiger partial charge in [-0.15, -0.1) is 0 Å². The summed E-state index contributed by atoms with van der Waals surface area (Å²) in [5, 5.41) is 2.86. The van der Waals surface area contributed by atoms with Crippen LogP contribution in [0.5, 0.6) is 23.0 Å². The number of rotatable bonds is 78. The second-order valence-corrected chi connectivity index (χ2v) is 29.1. The Bertz CT molecular complexity index is 4640. The molecule has 3 aromatic heterocycles. The molecule has 0 atom stereocenters. The minimum atomic E-state index is -0.559. The number of aromatic nitrogens is 8. The molecule has 0 amide bonds. The Morgan fingerprint density at radius 2 is 0.403 bits per heavy atom. The van der Waals surface area contributed by atoms with Crippen molar-refractivity contribution in [3.8, 4) is 68.5 Å². The molecule has 2 aliphatic rings. The molecule has 0 aliphatic carbocycles. The molecule has 0 fully saturated rings. The molecule has 134 heavy (non-hydrogen) atoms. The van der Waals surface area contributed by atoms with E-state index in [1.807, 2.05) is 72.8 Å². The Labute approximate surface area is 779 Å². The van der Waals surface area contributed by atoms with E-state index in [1.165, 1.54) is 0 Å². The maximum atomic E-state index is 13.4. The topological polar surface area (TPSA) is 402 Å².